The highest BCUT2D eigenvalue weighted by Crippen LogP contribution is 2.27. The third-order valence-electron chi connectivity index (χ3n) is 3.29. The zero-order chi connectivity index (χ0) is 13.2. The van der Waals surface area contributed by atoms with Crippen LogP contribution in [0.4, 0.5) is 0 Å². The molecule has 3 rings (SSSR count). The molecular formula is C14H16N4O. The van der Waals surface area contributed by atoms with Crippen LogP contribution in [0.1, 0.15) is 17.2 Å². The van der Waals surface area contributed by atoms with Crippen molar-refractivity contribution in [2.75, 3.05) is 0 Å². The number of aryl methyl sites for hydroxylation is 1. The van der Waals surface area contributed by atoms with Gasteiger partial charge in [-0.1, -0.05) is 18.2 Å². The third-order valence-corrected chi connectivity index (χ3v) is 3.29. The van der Waals surface area contributed by atoms with Crippen molar-refractivity contribution in [2.24, 2.45) is 12.9 Å². The number of hydrogen-bond donors (Lipinski definition) is 2. The van der Waals surface area contributed by atoms with Crippen molar-refractivity contribution in [2.45, 2.75) is 12.5 Å². The Balaban J connectivity index is 1.93. The highest BCUT2D eigenvalue weighted by Gasteiger charge is 2.16. The van der Waals surface area contributed by atoms with E-state index in [-0.39, 0.29) is 6.04 Å². The Morgan fingerprint density at radius 2 is 2.26 bits per heavy atom. The van der Waals surface area contributed by atoms with Crippen LogP contribution in [0.2, 0.25) is 0 Å². The Morgan fingerprint density at radius 1 is 1.42 bits per heavy atom. The zero-order valence-electron chi connectivity index (χ0n) is 10.7. The normalized spacial score (nSPS) is 12.9. The van der Waals surface area contributed by atoms with Crippen LogP contribution < -0.4 is 11.3 Å². The molecule has 0 amide bonds. The lowest BCUT2D eigenvalue weighted by Gasteiger charge is -2.13. The number of aromatic nitrogens is 2. The van der Waals surface area contributed by atoms with E-state index in [2.05, 4.69) is 10.5 Å². The lowest BCUT2D eigenvalue weighted by atomic mass is 10.0. The summed E-state index contributed by atoms with van der Waals surface area (Å²) in [5.74, 6) is 5.69. The van der Waals surface area contributed by atoms with Gasteiger partial charge in [-0.05, 0) is 18.1 Å². The molecule has 0 saturated heterocycles. The fourth-order valence-corrected chi connectivity index (χ4v) is 2.34. The molecule has 19 heavy (non-hydrogen) atoms. The van der Waals surface area contributed by atoms with Crippen molar-refractivity contribution < 1.29 is 4.42 Å². The molecule has 5 nitrogen and oxygen atoms in total. The molecule has 2 heterocycles. The summed E-state index contributed by atoms with van der Waals surface area (Å²) < 4.78 is 7.35. The molecule has 1 aromatic carbocycles. The fourth-order valence-electron chi connectivity index (χ4n) is 2.34. The molecule has 0 aliphatic rings. The summed E-state index contributed by atoms with van der Waals surface area (Å²) in [7, 11) is 1.90. The molecule has 1 atom stereocenters. The third kappa shape index (κ3) is 2.25. The average molecular weight is 256 g/mol. The number of para-hydroxylation sites is 1. The van der Waals surface area contributed by atoms with Gasteiger partial charge in [-0.3, -0.25) is 16.0 Å². The first-order chi connectivity index (χ1) is 9.28. The molecule has 0 aliphatic carbocycles. The van der Waals surface area contributed by atoms with Gasteiger partial charge >= 0.3 is 0 Å². The van der Waals surface area contributed by atoms with Crippen molar-refractivity contribution >= 4 is 11.0 Å². The lowest BCUT2D eigenvalue weighted by molar-refractivity contribution is 0.536. The van der Waals surface area contributed by atoms with Crippen LogP contribution in [0.3, 0.4) is 0 Å². The number of hydrazine groups is 1. The van der Waals surface area contributed by atoms with Gasteiger partial charge in [0.15, 0.2) is 0 Å². The van der Waals surface area contributed by atoms with Crippen molar-refractivity contribution in [3.8, 4) is 0 Å². The maximum absolute atomic E-state index is 5.69. The number of nitrogens with one attached hydrogen (secondary N) is 1. The summed E-state index contributed by atoms with van der Waals surface area (Å²) in [5, 5.41) is 5.26. The smallest absolute Gasteiger partial charge is 0.134 e. The summed E-state index contributed by atoms with van der Waals surface area (Å²) in [5.41, 5.74) is 5.94. The number of benzene rings is 1. The van der Waals surface area contributed by atoms with E-state index in [9.17, 15) is 0 Å². The Hall–Kier alpha value is -2.11. The van der Waals surface area contributed by atoms with Crippen molar-refractivity contribution in [1.29, 1.82) is 0 Å². The van der Waals surface area contributed by atoms with Crippen molar-refractivity contribution in [3.63, 3.8) is 0 Å². The molecule has 0 aliphatic heterocycles. The van der Waals surface area contributed by atoms with Crippen molar-refractivity contribution in [3.05, 3.63) is 54.0 Å². The molecule has 3 N–H and O–H groups in total. The summed E-state index contributed by atoms with van der Waals surface area (Å²) >= 11 is 0. The molecule has 5 heteroatoms. The highest BCUT2D eigenvalue weighted by molar-refractivity contribution is 5.81. The predicted molar refractivity (Wildman–Crippen MR) is 73.2 cm³/mol. The standard InChI is InChI=1S/C14H16N4O/c1-18-8-10(7-16-18)6-13(17-15)12-9-19-14-5-3-2-4-11(12)14/h2-5,7-9,13,17H,6,15H2,1H3. The Bertz CT molecular complexity index is 685. The second-order valence-electron chi connectivity index (χ2n) is 4.63. The van der Waals surface area contributed by atoms with Gasteiger partial charge in [0.05, 0.1) is 18.5 Å². The van der Waals surface area contributed by atoms with Gasteiger partial charge in [0.2, 0.25) is 0 Å². The number of nitrogens with zero attached hydrogens (tertiary/aromatic N) is 2. The van der Waals surface area contributed by atoms with E-state index in [4.69, 9.17) is 10.3 Å². The summed E-state index contributed by atoms with van der Waals surface area (Å²) in [4.78, 5) is 0. The van der Waals surface area contributed by atoms with Gasteiger partial charge in [0, 0.05) is 24.2 Å². The maximum Gasteiger partial charge on any atom is 0.134 e. The first kappa shape index (κ1) is 12.0. The Kier molecular flexibility index (Phi) is 3.06. The van der Waals surface area contributed by atoms with E-state index < -0.39 is 0 Å². The lowest BCUT2D eigenvalue weighted by Crippen LogP contribution is -2.29. The number of rotatable bonds is 4. The number of fused-ring (bicyclic) bond motifs is 1. The summed E-state index contributed by atoms with van der Waals surface area (Å²) in [6, 6.07) is 7.96. The fraction of sp³-hybridized carbons (Fsp3) is 0.214. The number of furan rings is 1. The number of hydrogen-bond acceptors (Lipinski definition) is 4. The minimum Gasteiger partial charge on any atom is -0.464 e. The molecule has 0 spiro atoms. The van der Waals surface area contributed by atoms with E-state index in [1.165, 1.54) is 0 Å². The van der Waals surface area contributed by atoms with Gasteiger partial charge in [0.25, 0.3) is 0 Å². The Morgan fingerprint density at radius 3 is 3.00 bits per heavy atom. The van der Waals surface area contributed by atoms with Gasteiger partial charge in [-0.15, -0.1) is 0 Å². The van der Waals surface area contributed by atoms with E-state index in [0.29, 0.717) is 0 Å². The molecule has 98 valence electrons. The predicted octanol–water partition coefficient (Wildman–Crippen LogP) is 1.91. The van der Waals surface area contributed by atoms with Crippen LogP contribution in [0.15, 0.2) is 47.3 Å². The van der Waals surface area contributed by atoms with Crippen LogP contribution in [-0.4, -0.2) is 9.78 Å². The minimum atomic E-state index is 0.00727. The molecule has 3 aromatic rings. The number of nitrogens with two attached hydrogens (primary N) is 1. The summed E-state index contributed by atoms with van der Waals surface area (Å²) in [6.07, 6.45) is 6.39. The van der Waals surface area contributed by atoms with Crippen LogP contribution in [0, 0.1) is 0 Å². The minimum absolute atomic E-state index is 0.00727. The van der Waals surface area contributed by atoms with Crippen LogP contribution in [0.5, 0.6) is 0 Å². The average Bonchev–Trinajstić information content (AvgIpc) is 3.02. The Labute approximate surface area is 111 Å². The summed E-state index contributed by atoms with van der Waals surface area (Å²) in [6.45, 7) is 0. The molecule has 0 bridgehead atoms. The van der Waals surface area contributed by atoms with Crippen LogP contribution >= 0.6 is 0 Å². The molecular weight excluding hydrogens is 240 g/mol. The molecule has 0 fully saturated rings. The molecule has 0 saturated carbocycles. The second kappa shape index (κ2) is 4.87. The first-order valence-corrected chi connectivity index (χ1v) is 6.17. The van der Waals surface area contributed by atoms with E-state index >= 15 is 0 Å². The van der Waals surface area contributed by atoms with E-state index in [1.807, 2.05) is 43.7 Å². The van der Waals surface area contributed by atoms with Crippen LogP contribution in [-0.2, 0) is 13.5 Å². The quantitative estimate of drug-likeness (QED) is 0.552. The van der Waals surface area contributed by atoms with Gasteiger partial charge in [-0.25, -0.2) is 0 Å². The van der Waals surface area contributed by atoms with Crippen LogP contribution in [0.25, 0.3) is 11.0 Å². The monoisotopic (exact) mass is 256 g/mol. The highest BCUT2D eigenvalue weighted by atomic mass is 16.3. The topological polar surface area (TPSA) is 69.0 Å². The second-order valence-corrected chi connectivity index (χ2v) is 4.63. The maximum atomic E-state index is 5.69. The van der Waals surface area contributed by atoms with Crippen molar-refractivity contribution in [1.82, 2.24) is 15.2 Å². The van der Waals surface area contributed by atoms with Gasteiger partial charge in [0.1, 0.15) is 5.58 Å². The first-order valence-electron chi connectivity index (χ1n) is 6.17. The SMILES string of the molecule is Cn1cc(CC(NN)c2coc3ccccc23)cn1. The van der Waals surface area contributed by atoms with E-state index in [0.717, 1.165) is 28.5 Å². The molecule has 0 radical (unpaired) electrons. The largest absolute Gasteiger partial charge is 0.464 e. The van der Waals surface area contributed by atoms with Gasteiger partial charge in [-0.2, -0.15) is 5.10 Å². The zero-order valence-corrected chi connectivity index (χ0v) is 10.7. The van der Waals surface area contributed by atoms with E-state index in [1.54, 1.807) is 10.9 Å². The van der Waals surface area contributed by atoms with Gasteiger partial charge < -0.3 is 4.42 Å². The molecule has 2 aromatic heterocycles. The molecule has 1 unspecified atom stereocenters.